The monoisotopic (exact) mass is 198 g/mol. The molecule has 0 N–H and O–H groups in total. The molecular formula is C14H30. The van der Waals surface area contributed by atoms with Crippen LogP contribution in [-0.2, 0) is 0 Å². The first-order chi connectivity index (χ1) is 6.37. The molecule has 0 nitrogen and oxygen atoms in total. The molecule has 0 fully saturated rings. The highest BCUT2D eigenvalue weighted by molar-refractivity contribution is 4.72. The number of hydrogen-bond acceptors (Lipinski definition) is 0. The van der Waals surface area contributed by atoms with E-state index in [4.69, 9.17) is 0 Å². The van der Waals surface area contributed by atoms with E-state index in [2.05, 4.69) is 41.5 Å². The molecule has 1 atom stereocenters. The molecule has 0 aromatic carbocycles. The van der Waals surface area contributed by atoms with Gasteiger partial charge in [0.1, 0.15) is 0 Å². The largest absolute Gasteiger partial charge is 0.0654 e. The predicted molar refractivity (Wildman–Crippen MR) is 66.5 cm³/mol. The van der Waals surface area contributed by atoms with Gasteiger partial charge in [-0.3, -0.25) is 0 Å². The molecule has 0 aromatic heterocycles. The summed E-state index contributed by atoms with van der Waals surface area (Å²) in [4.78, 5) is 0. The van der Waals surface area contributed by atoms with Crippen molar-refractivity contribution in [3.8, 4) is 0 Å². The van der Waals surface area contributed by atoms with Gasteiger partial charge in [0.05, 0.1) is 0 Å². The second-order valence-corrected chi connectivity index (χ2v) is 6.19. The van der Waals surface area contributed by atoms with Gasteiger partial charge in [0, 0.05) is 0 Å². The Morgan fingerprint density at radius 1 is 1.00 bits per heavy atom. The summed E-state index contributed by atoms with van der Waals surface area (Å²) in [6, 6.07) is 0. The summed E-state index contributed by atoms with van der Waals surface area (Å²) in [6.07, 6.45) is 6.89. The van der Waals surface area contributed by atoms with E-state index in [1.54, 1.807) is 0 Å². The van der Waals surface area contributed by atoms with Crippen molar-refractivity contribution < 1.29 is 0 Å². The van der Waals surface area contributed by atoms with Crippen LogP contribution >= 0.6 is 0 Å². The van der Waals surface area contributed by atoms with E-state index in [-0.39, 0.29) is 0 Å². The van der Waals surface area contributed by atoms with Gasteiger partial charge >= 0.3 is 0 Å². The van der Waals surface area contributed by atoms with Gasteiger partial charge in [-0.15, -0.1) is 0 Å². The number of hydrogen-bond donors (Lipinski definition) is 0. The molecular weight excluding hydrogens is 168 g/mol. The van der Waals surface area contributed by atoms with E-state index in [9.17, 15) is 0 Å². The van der Waals surface area contributed by atoms with Crippen molar-refractivity contribution in [2.75, 3.05) is 0 Å². The molecule has 0 aliphatic heterocycles. The third kappa shape index (κ3) is 7.41. The van der Waals surface area contributed by atoms with E-state index in [0.717, 1.165) is 11.8 Å². The predicted octanol–water partition coefficient (Wildman–Crippen LogP) is 5.28. The first-order valence-corrected chi connectivity index (χ1v) is 6.37. The van der Waals surface area contributed by atoms with Crippen molar-refractivity contribution in [2.45, 2.75) is 73.6 Å². The second kappa shape index (κ2) is 6.48. The molecule has 0 aromatic rings. The summed E-state index contributed by atoms with van der Waals surface area (Å²) in [6.45, 7) is 14.2. The standard InChI is InChI=1S/C14H30/c1-7-8-13(4)11-14(5,6)10-9-12(2)3/h12-13H,7-11H2,1-6H3. The van der Waals surface area contributed by atoms with Crippen LogP contribution in [0.2, 0.25) is 0 Å². The van der Waals surface area contributed by atoms with Crippen LogP contribution in [0, 0.1) is 17.3 Å². The minimum absolute atomic E-state index is 0.554. The van der Waals surface area contributed by atoms with Crippen LogP contribution in [0.4, 0.5) is 0 Å². The van der Waals surface area contributed by atoms with Gasteiger partial charge in [-0.05, 0) is 30.1 Å². The lowest BCUT2D eigenvalue weighted by molar-refractivity contribution is 0.233. The van der Waals surface area contributed by atoms with Crippen molar-refractivity contribution in [1.29, 1.82) is 0 Å². The van der Waals surface area contributed by atoms with Gasteiger partial charge in [-0.2, -0.15) is 0 Å². The van der Waals surface area contributed by atoms with Crippen molar-refractivity contribution >= 4 is 0 Å². The van der Waals surface area contributed by atoms with Gasteiger partial charge in [0.2, 0.25) is 0 Å². The average molecular weight is 198 g/mol. The molecule has 1 unspecified atom stereocenters. The molecule has 14 heavy (non-hydrogen) atoms. The maximum absolute atomic E-state index is 2.43. The number of rotatable bonds is 7. The fourth-order valence-corrected chi connectivity index (χ4v) is 2.32. The maximum atomic E-state index is 2.43. The lowest BCUT2D eigenvalue weighted by Gasteiger charge is -2.28. The Morgan fingerprint density at radius 2 is 1.57 bits per heavy atom. The fraction of sp³-hybridized carbons (Fsp3) is 1.00. The summed E-state index contributed by atoms with van der Waals surface area (Å²) in [5.74, 6) is 1.76. The van der Waals surface area contributed by atoms with Crippen LogP contribution in [0.3, 0.4) is 0 Å². The van der Waals surface area contributed by atoms with Gasteiger partial charge in [0.15, 0.2) is 0 Å². The summed E-state index contributed by atoms with van der Waals surface area (Å²) in [5, 5.41) is 0. The Balaban J connectivity index is 3.81. The summed E-state index contributed by atoms with van der Waals surface area (Å²) in [5.41, 5.74) is 0.554. The van der Waals surface area contributed by atoms with Crippen molar-refractivity contribution in [3.63, 3.8) is 0 Å². The van der Waals surface area contributed by atoms with Gasteiger partial charge in [-0.1, -0.05) is 60.8 Å². The molecule has 0 heterocycles. The Bertz CT molecular complexity index is 133. The Kier molecular flexibility index (Phi) is 6.48. The highest BCUT2D eigenvalue weighted by Gasteiger charge is 2.20. The molecule has 0 radical (unpaired) electrons. The molecule has 0 amide bonds. The lowest BCUT2D eigenvalue weighted by Crippen LogP contribution is -2.16. The maximum Gasteiger partial charge on any atom is -0.0352 e. The van der Waals surface area contributed by atoms with Gasteiger partial charge < -0.3 is 0 Å². The Labute approximate surface area is 91.5 Å². The van der Waals surface area contributed by atoms with Crippen LogP contribution in [0.25, 0.3) is 0 Å². The first-order valence-electron chi connectivity index (χ1n) is 6.37. The van der Waals surface area contributed by atoms with Crippen molar-refractivity contribution in [1.82, 2.24) is 0 Å². The molecule has 86 valence electrons. The van der Waals surface area contributed by atoms with E-state index in [1.165, 1.54) is 32.1 Å². The zero-order valence-electron chi connectivity index (χ0n) is 11.2. The summed E-state index contributed by atoms with van der Waals surface area (Å²) in [7, 11) is 0. The summed E-state index contributed by atoms with van der Waals surface area (Å²) >= 11 is 0. The molecule has 0 saturated heterocycles. The third-order valence-corrected chi connectivity index (χ3v) is 3.08. The topological polar surface area (TPSA) is 0 Å². The smallest absolute Gasteiger partial charge is 0.0352 e. The van der Waals surface area contributed by atoms with Crippen molar-refractivity contribution in [3.05, 3.63) is 0 Å². The van der Waals surface area contributed by atoms with E-state index >= 15 is 0 Å². The molecule has 0 aliphatic rings. The zero-order chi connectivity index (χ0) is 11.2. The van der Waals surface area contributed by atoms with Crippen molar-refractivity contribution in [2.24, 2.45) is 17.3 Å². The van der Waals surface area contributed by atoms with Crippen LogP contribution in [0.5, 0.6) is 0 Å². The molecule has 0 bridgehead atoms. The molecule has 0 heteroatoms. The Morgan fingerprint density at radius 3 is 2.00 bits per heavy atom. The van der Waals surface area contributed by atoms with Crippen LogP contribution in [0.15, 0.2) is 0 Å². The summed E-state index contributed by atoms with van der Waals surface area (Å²) < 4.78 is 0. The van der Waals surface area contributed by atoms with E-state index in [0.29, 0.717) is 5.41 Å². The second-order valence-electron chi connectivity index (χ2n) is 6.19. The van der Waals surface area contributed by atoms with E-state index in [1.807, 2.05) is 0 Å². The minimum Gasteiger partial charge on any atom is -0.0654 e. The molecule has 0 rings (SSSR count). The third-order valence-electron chi connectivity index (χ3n) is 3.08. The zero-order valence-corrected chi connectivity index (χ0v) is 11.2. The molecule has 0 saturated carbocycles. The lowest BCUT2D eigenvalue weighted by atomic mass is 9.77. The Hall–Kier alpha value is 0. The van der Waals surface area contributed by atoms with E-state index < -0.39 is 0 Å². The minimum atomic E-state index is 0.554. The quantitative estimate of drug-likeness (QED) is 0.522. The van der Waals surface area contributed by atoms with Gasteiger partial charge in [0.25, 0.3) is 0 Å². The molecule has 0 aliphatic carbocycles. The van der Waals surface area contributed by atoms with Crippen LogP contribution < -0.4 is 0 Å². The SMILES string of the molecule is CCCC(C)CC(C)(C)CCC(C)C. The normalized spacial score (nSPS) is 14.8. The average Bonchev–Trinajstić information content (AvgIpc) is 2.00. The fourth-order valence-electron chi connectivity index (χ4n) is 2.32. The highest BCUT2D eigenvalue weighted by Crippen LogP contribution is 2.33. The first kappa shape index (κ1) is 14.0. The van der Waals surface area contributed by atoms with Crippen LogP contribution in [-0.4, -0.2) is 0 Å². The van der Waals surface area contributed by atoms with Crippen LogP contribution in [0.1, 0.15) is 73.6 Å². The van der Waals surface area contributed by atoms with Gasteiger partial charge in [-0.25, -0.2) is 0 Å². The highest BCUT2D eigenvalue weighted by atomic mass is 14.3. The molecule has 0 spiro atoms.